The van der Waals surface area contributed by atoms with E-state index < -0.39 is 11.5 Å². The topological polar surface area (TPSA) is 75.4 Å². The van der Waals surface area contributed by atoms with Gasteiger partial charge in [0.15, 0.2) is 11.2 Å². The quantitative estimate of drug-likeness (QED) is 0.789. The molecule has 0 saturated carbocycles. The fraction of sp³-hybridized carbons (Fsp3) is 0.385. The van der Waals surface area contributed by atoms with Crippen LogP contribution in [0.5, 0.6) is 0 Å². The highest BCUT2D eigenvalue weighted by atomic mass is 32.2. The summed E-state index contributed by atoms with van der Waals surface area (Å²) in [4.78, 5) is 4.91. The molecule has 2 aliphatic heterocycles. The number of benzene rings is 1. The van der Waals surface area contributed by atoms with Crippen molar-refractivity contribution in [3.05, 3.63) is 52.6 Å². The molecule has 0 fully saturated rings. The van der Waals surface area contributed by atoms with Crippen molar-refractivity contribution >= 4 is 11.8 Å². The van der Waals surface area contributed by atoms with Crippen LogP contribution in [0.15, 0.2) is 41.9 Å². The summed E-state index contributed by atoms with van der Waals surface area (Å²) in [6, 6.07) is 9.94. The molecule has 0 aliphatic carbocycles. The second-order valence-corrected chi connectivity index (χ2v) is 5.56. The van der Waals surface area contributed by atoms with E-state index in [1.807, 2.05) is 30.3 Å². The van der Waals surface area contributed by atoms with Crippen LogP contribution in [-0.2, 0) is 20.1 Å². The maximum absolute atomic E-state index is 10.8. The Bertz CT molecular complexity index is 493. The number of thioether (sulfide) groups is 1. The van der Waals surface area contributed by atoms with E-state index >= 15 is 0 Å². The van der Waals surface area contributed by atoms with Gasteiger partial charge in [0.05, 0.1) is 6.61 Å². The third kappa shape index (κ3) is 2.92. The zero-order chi connectivity index (χ0) is 13.9. The van der Waals surface area contributed by atoms with E-state index in [2.05, 4.69) is 0 Å². The van der Waals surface area contributed by atoms with Crippen LogP contribution in [-0.4, -0.2) is 23.4 Å². The van der Waals surface area contributed by atoms with Crippen LogP contribution in [0.1, 0.15) is 12.0 Å². The van der Waals surface area contributed by atoms with E-state index in [1.54, 1.807) is 0 Å². The lowest BCUT2D eigenvalue weighted by atomic mass is 10.2. The van der Waals surface area contributed by atoms with Gasteiger partial charge < -0.3 is 14.7 Å². The Hall–Kier alpha value is -1.25. The molecule has 3 unspecified atom stereocenters. The molecular weight excluding hydrogens is 282 g/mol. The SMILES string of the molecule is [O-][NH+](O)OC1C2=C(CCO2)OC1SCc1ccccc1. The molecule has 0 aromatic heterocycles. The van der Waals surface area contributed by atoms with Gasteiger partial charge in [-0.25, -0.2) is 0 Å². The zero-order valence-corrected chi connectivity index (χ0v) is 11.5. The molecule has 20 heavy (non-hydrogen) atoms. The summed E-state index contributed by atoms with van der Waals surface area (Å²) in [5.74, 6) is 1.99. The Labute approximate surface area is 120 Å². The van der Waals surface area contributed by atoms with Gasteiger partial charge in [-0.3, -0.25) is 0 Å². The predicted molar refractivity (Wildman–Crippen MR) is 71.2 cm³/mol. The number of nitrogens with one attached hydrogen (secondary N) is 1. The average Bonchev–Trinajstić information content (AvgIpc) is 3.00. The van der Waals surface area contributed by atoms with Crippen molar-refractivity contribution in [2.24, 2.45) is 0 Å². The second-order valence-electron chi connectivity index (χ2n) is 4.47. The molecule has 1 aromatic carbocycles. The van der Waals surface area contributed by atoms with Crippen molar-refractivity contribution in [3.8, 4) is 0 Å². The molecule has 0 radical (unpaired) electrons. The number of rotatable bonds is 5. The Morgan fingerprint density at radius 3 is 2.95 bits per heavy atom. The fourth-order valence-electron chi connectivity index (χ4n) is 2.23. The van der Waals surface area contributed by atoms with Crippen LogP contribution in [0.25, 0.3) is 0 Å². The van der Waals surface area contributed by atoms with Gasteiger partial charge >= 0.3 is 0 Å². The van der Waals surface area contributed by atoms with Crippen molar-refractivity contribution in [2.45, 2.75) is 23.7 Å². The molecule has 0 amide bonds. The van der Waals surface area contributed by atoms with E-state index in [0.29, 0.717) is 18.8 Å². The van der Waals surface area contributed by atoms with Crippen LogP contribution in [0.3, 0.4) is 0 Å². The Kier molecular flexibility index (Phi) is 4.13. The van der Waals surface area contributed by atoms with Gasteiger partial charge in [0.1, 0.15) is 5.76 Å². The van der Waals surface area contributed by atoms with Crippen LogP contribution >= 0.6 is 11.8 Å². The molecule has 3 rings (SSSR count). The summed E-state index contributed by atoms with van der Waals surface area (Å²) in [5, 5.41) is 18.3. The van der Waals surface area contributed by atoms with Crippen LogP contribution in [0.4, 0.5) is 0 Å². The third-order valence-electron chi connectivity index (χ3n) is 3.11. The van der Waals surface area contributed by atoms with Crippen molar-refractivity contribution in [1.29, 1.82) is 0 Å². The highest BCUT2D eigenvalue weighted by Gasteiger charge is 2.44. The minimum absolute atomic E-state index is 0.378. The molecule has 0 bridgehead atoms. The number of quaternary nitrogens is 1. The average molecular weight is 297 g/mol. The lowest BCUT2D eigenvalue weighted by Crippen LogP contribution is -3.04. The standard InChI is InChI=1S/C13H15NO5S/c15-14(16)19-12-11-10(6-7-17-11)18-13(12)20-8-9-4-2-1-3-5-9/h1-5,12-15H,6-8H2. The van der Waals surface area contributed by atoms with Crippen molar-refractivity contribution in [3.63, 3.8) is 0 Å². The smallest absolute Gasteiger partial charge is 0.227 e. The Morgan fingerprint density at radius 1 is 1.40 bits per heavy atom. The molecule has 1 aromatic rings. The zero-order valence-electron chi connectivity index (χ0n) is 10.7. The molecule has 2 aliphatic rings. The normalized spacial score (nSPS) is 26.1. The highest BCUT2D eigenvalue weighted by molar-refractivity contribution is 7.99. The summed E-state index contributed by atoms with van der Waals surface area (Å²) in [6.07, 6.45) is 0.00993. The molecule has 6 nitrogen and oxygen atoms in total. The largest absolute Gasteiger partial charge is 0.566 e. The first-order valence-electron chi connectivity index (χ1n) is 6.31. The summed E-state index contributed by atoms with van der Waals surface area (Å²) in [7, 11) is 0. The van der Waals surface area contributed by atoms with Crippen LogP contribution in [0.2, 0.25) is 0 Å². The summed E-state index contributed by atoms with van der Waals surface area (Å²) >= 11 is 1.51. The Morgan fingerprint density at radius 2 is 2.20 bits per heavy atom. The van der Waals surface area contributed by atoms with E-state index in [-0.39, 0.29) is 5.44 Å². The number of hydrogen-bond donors (Lipinski definition) is 2. The lowest BCUT2D eigenvalue weighted by Gasteiger charge is -2.22. The van der Waals surface area contributed by atoms with Crippen molar-refractivity contribution < 1.29 is 24.9 Å². The molecule has 108 valence electrons. The number of hydrogen-bond acceptors (Lipinski definition) is 6. The summed E-state index contributed by atoms with van der Waals surface area (Å²) in [6.45, 7) is 0.528. The van der Waals surface area contributed by atoms with Gasteiger partial charge in [-0.05, 0) is 5.56 Å². The predicted octanol–water partition coefficient (Wildman–Crippen LogP) is 0.980. The molecule has 7 heteroatoms. The van der Waals surface area contributed by atoms with Gasteiger partial charge in [-0.1, -0.05) is 35.7 Å². The van der Waals surface area contributed by atoms with Gasteiger partial charge in [-0.15, -0.1) is 11.8 Å². The van der Waals surface area contributed by atoms with E-state index in [4.69, 9.17) is 19.5 Å². The fourth-order valence-corrected chi connectivity index (χ4v) is 3.32. The first kappa shape index (κ1) is 13.7. The summed E-state index contributed by atoms with van der Waals surface area (Å²) < 4.78 is 11.2. The number of ether oxygens (including phenoxy) is 2. The van der Waals surface area contributed by atoms with Gasteiger partial charge in [0.2, 0.25) is 6.10 Å². The van der Waals surface area contributed by atoms with Crippen LogP contribution in [0, 0.1) is 5.21 Å². The molecule has 2 heterocycles. The monoisotopic (exact) mass is 297 g/mol. The van der Waals surface area contributed by atoms with E-state index in [1.165, 1.54) is 11.8 Å². The lowest BCUT2D eigenvalue weighted by molar-refractivity contribution is -1.21. The Balaban J connectivity index is 1.64. The van der Waals surface area contributed by atoms with E-state index in [9.17, 15) is 5.21 Å². The highest BCUT2D eigenvalue weighted by Crippen LogP contribution is 2.39. The molecule has 2 N–H and O–H groups in total. The third-order valence-corrected chi connectivity index (χ3v) is 4.28. The van der Waals surface area contributed by atoms with Crippen LogP contribution < -0.4 is 5.39 Å². The van der Waals surface area contributed by atoms with Crippen molar-refractivity contribution in [2.75, 3.05) is 6.61 Å². The maximum Gasteiger partial charge on any atom is 0.227 e. The second kappa shape index (κ2) is 6.02. The molecule has 0 spiro atoms. The minimum atomic E-state index is -1.31. The van der Waals surface area contributed by atoms with Crippen molar-refractivity contribution in [1.82, 2.24) is 0 Å². The molecule has 0 saturated heterocycles. The first-order chi connectivity index (χ1) is 9.74. The maximum atomic E-state index is 10.8. The minimum Gasteiger partial charge on any atom is -0.566 e. The van der Waals surface area contributed by atoms with Gasteiger partial charge in [0, 0.05) is 12.2 Å². The van der Waals surface area contributed by atoms with Gasteiger partial charge in [-0.2, -0.15) is 10.0 Å². The first-order valence-corrected chi connectivity index (χ1v) is 7.36. The van der Waals surface area contributed by atoms with Gasteiger partial charge in [0.25, 0.3) is 0 Å². The molecule has 3 atom stereocenters. The van der Waals surface area contributed by atoms with E-state index in [0.717, 1.165) is 17.1 Å². The summed E-state index contributed by atoms with van der Waals surface area (Å²) in [5.41, 5.74) is 0.778. The molecular formula is C13H15NO5S.